The second-order valence-corrected chi connectivity index (χ2v) is 13.1. The molecular weight excluding hydrogens is 699 g/mol. The number of hydrogen-bond acceptors (Lipinski definition) is 8. The number of nitrogens with one attached hydrogen (secondary N) is 3. The summed E-state index contributed by atoms with van der Waals surface area (Å²) in [5.74, 6) is -0.968. The topological polar surface area (TPSA) is 119 Å². The molecule has 0 saturated carbocycles. The van der Waals surface area contributed by atoms with Crippen molar-refractivity contribution < 1.29 is 28.2 Å². The third-order valence-electron chi connectivity index (χ3n) is 7.26. The Morgan fingerprint density at radius 2 is 1.70 bits per heavy atom. The molecule has 0 aliphatic heterocycles. The Labute approximate surface area is 301 Å². The molecule has 1 atom stereocenters. The van der Waals surface area contributed by atoms with Crippen LogP contribution in [0.25, 0.3) is 17.3 Å². The zero-order valence-corrected chi connectivity index (χ0v) is 29.5. The number of thiazole rings is 1. The van der Waals surface area contributed by atoms with Gasteiger partial charge in [-0.25, -0.2) is 9.37 Å². The van der Waals surface area contributed by atoms with Gasteiger partial charge >= 0.3 is 0 Å². The molecule has 13 heteroatoms. The molecule has 0 spiro atoms. The fraction of sp³-hybridized carbons (Fsp3) is 0.135. The lowest BCUT2D eigenvalue weighted by Crippen LogP contribution is -2.30. The minimum atomic E-state index is -0.699. The van der Waals surface area contributed by atoms with Gasteiger partial charge in [-0.05, 0) is 73.2 Å². The Kier molecular flexibility index (Phi) is 12.3. The van der Waals surface area contributed by atoms with Crippen LogP contribution in [0.2, 0.25) is 5.02 Å². The molecule has 5 rings (SSSR count). The Morgan fingerprint density at radius 1 is 0.940 bits per heavy atom. The number of carbonyl (C=O) groups excluding carboxylic acids is 3. The summed E-state index contributed by atoms with van der Waals surface area (Å²) in [7, 11) is 3.13. The van der Waals surface area contributed by atoms with E-state index in [0.29, 0.717) is 44.9 Å². The summed E-state index contributed by atoms with van der Waals surface area (Å²) >= 11 is 8.86. The van der Waals surface area contributed by atoms with Gasteiger partial charge in [0.2, 0.25) is 5.91 Å². The first kappa shape index (κ1) is 36.1. The van der Waals surface area contributed by atoms with Crippen molar-refractivity contribution in [1.82, 2.24) is 10.3 Å². The average Bonchev–Trinajstić information content (AvgIpc) is 3.60. The predicted molar refractivity (Wildman–Crippen MR) is 198 cm³/mol. The number of carbonyl (C=O) groups is 3. The average molecular weight is 731 g/mol. The fourth-order valence-corrected chi connectivity index (χ4v) is 6.67. The first-order valence-electron chi connectivity index (χ1n) is 15.3. The van der Waals surface area contributed by atoms with E-state index >= 15 is 0 Å². The Morgan fingerprint density at radius 3 is 2.42 bits per heavy atom. The number of methoxy groups -OCH3 is 2. The molecule has 256 valence electrons. The molecule has 5 aromatic rings. The number of amides is 3. The van der Waals surface area contributed by atoms with Crippen molar-refractivity contribution in [2.75, 3.05) is 24.9 Å². The zero-order chi connectivity index (χ0) is 35.6. The molecule has 4 aromatic carbocycles. The van der Waals surface area contributed by atoms with E-state index in [-0.39, 0.29) is 22.2 Å². The van der Waals surface area contributed by atoms with Gasteiger partial charge in [0.1, 0.15) is 11.5 Å². The van der Waals surface area contributed by atoms with Gasteiger partial charge in [-0.15, -0.1) is 23.1 Å². The van der Waals surface area contributed by atoms with E-state index in [9.17, 15) is 18.8 Å². The van der Waals surface area contributed by atoms with Crippen LogP contribution in [0.15, 0.2) is 107 Å². The Balaban J connectivity index is 1.29. The quantitative estimate of drug-likeness (QED) is 0.0821. The summed E-state index contributed by atoms with van der Waals surface area (Å²) in [6.45, 7) is 1.90. The molecule has 0 radical (unpaired) electrons. The Bertz CT molecular complexity index is 2020. The maximum absolute atomic E-state index is 14.7. The molecule has 3 amide bonds. The summed E-state index contributed by atoms with van der Waals surface area (Å²) in [5, 5.41) is 10.2. The highest BCUT2D eigenvalue weighted by Crippen LogP contribution is 2.34. The van der Waals surface area contributed by atoms with Gasteiger partial charge in [0.15, 0.2) is 16.6 Å². The lowest BCUT2D eigenvalue weighted by Gasteiger charge is -2.15. The first-order chi connectivity index (χ1) is 24.2. The van der Waals surface area contributed by atoms with Crippen molar-refractivity contribution in [3.63, 3.8) is 0 Å². The number of rotatable bonds is 13. The molecular formula is C37H32ClFN4O5S2. The van der Waals surface area contributed by atoms with Gasteiger partial charge in [0.05, 0.1) is 30.2 Å². The molecule has 0 saturated heterocycles. The number of hydrogen-bond donors (Lipinski definition) is 3. The molecule has 3 N–H and O–H groups in total. The third-order valence-corrected chi connectivity index (χ3v) is 9.71. The number of benzene rings is 4. The van der Waals surface area contributed by atoms with Crippen LogP contribution in [0.4, 0.5) is 15.2 Å². The fourth-order valence-electron chi connectivity index (χ4n) is 4.71. The van der Waals surface area contributed by atoms with Crippen molar-refractivity contribution in [2.24, 2.45) is 0 Å². The SMILES string of the molecule is CCC(Sc1cccc(NC(=O)/C(=C\c2c(F)cccc2Cl)NC(=O)c2ccccc2)c1)C(=O)Nc1nc(-c2ccc(OC)c(OC)c2)cs1. The monoisotopic (exact) mass is 730 g/mol. The molecule has 0 aliphatic carbocycles. The second-order valence-electron chi connectivity index (χ2n) is 10.6. The lowest BCUT2D eigenvalue weighted by molar-refractivity contribution is -0.116. The number of thioether (sulfide) groups is 1. The first-order valence-corrected chi connectivity index (χ1v) is 17.4. The van der Waals surface area contributed by atoms with Gasteiger partial charge in [-0.2, -0.15) is 0 Å². The van der Waals surface area contributed by atoms with E-state index in [1.165, 1.54) is 47.4 Å². The second kappa shape index (κ2) is 17.0. The summed E-state index contributed by atoms with van der Waals surface area (Å²) in [6.07, 6.45) is 1.71. The highest BCUT2D eigenvalue weighted by Gasteiger charge is 2.21. The number of anilines is 2. The van der Waals surface area contributed by atoms with Crippen molar-refractivity contribution >= 4 is 69.3 Å². The zero-order valence-electron chi connectivity index (χ0n) is 27.2. The maximum Gasteiger partial charge on any atom is 0.272 e. The van der Waals surface area contributed by atoms with Gasteiger partial charge < -0.3 is 25.4 Å². The minimum absolute atomic E-state index is 0.0511. The normalized spacial score (nSPS) is 11.7. The molecule has 1 aromatic heterocycles. The highest BCUT2D eigenvalue weighted by molar-refractivity contribution is 8.00. The van der Waals surface area contributed by atoms with E-state index in [1.807, 2.05) is 30.5 Å². The van der Waals surface area contributed by atoms with Crippen LogP contribution in [0.1, 0.15) is 29.3 Å². The van der Waals surface area contributed by atoms with Crippen molar-refractivity contribution in [3.05, 3.63) is 124 Å². The van der Waals surface area contributed by atoms with E-state index in [1.54, 1.807) is 68.8 Å². The lowest BCUT2D eigenvalue weighted by atomic mass is 10.1. The van der Waals surface area contributed by atoms with Gasteiger partial charge in [0, 0.05) is 32.7 Å². The van der Waals surface area contributed by atoms with Crippen molar-refractivity contribution in [1.29, 1.82) is 0 Å². The predicted octanol–water partition coefficient (Wildman–Crippen LogP) is 8.54. The summed E-state index contributed by atoms with van der Waals surface area (Å²) in [6, 6.07) is 24.9. The third kappa shape index (κ3) is 9.08. The van der Waals surface area contributed by atoms with E-state index in [4.69, 9.17) is 21.1 Å². The van der Waals surface area contributed by atoms with Gasteiger partial charge in [0.25, 0.3) is 11.8 Å². The molecule has 9 nitrogen and oxygen atoms in total. The van der Waals surface area contributed by atoms with Crippen LogP contribution in [-0.2, 0) is 9.59 Å². The number of ether oxygens (including phenoxy) is 2. The van der Waals surface area contributed by atoms with Crippen LogP contribution in [0.5, 0.6) is 11.5 Å². The molecule has 0 bridgehead atoms. The smallest absolute Gasteiger partial charge is 0.272 e. The van der Waals surface area contributed by atoms with Crippen LogP contribution in [0, 0.1) is 5.82 Å². The molecule has 1 unspecified atom stereocenters. The van der Waals surface area contributed by atoms with Gasteiger partial charge in [-0.3, -0.25) is 14.4 Å². The highest BCUT2D eigenvalue weighted by atomic mass is 35.5. The number of nitrogens with zero attached hydrogens (tertiary/aromatic N) is 1. The van der Waals surface area contributed by atoms with Crippen LogP contribution in [0.3, 0.4) is 0 Å². The van der Waals surface area contributed by atoms with E-state index < -0.39 is 22.9 Å². The van der Waals surface area contributed by atoms with E-state index in [0.717, 1.165) is 5.56 Å². The summed E-state index contributed by atoms with van der Waals surface area (Å²) in [5.41, 5.74) is 1.93. The van der Waals surface area contributed by atoms with Gasteiger partial charge in [-0.1, -0.05) is 48.9 Å². The largest absolute Gasteiger partial charge is 0.493 e. The number of aromatic nitrogens is 1. The maximum atomic E-state index is 14.7. The Hall–Kier alpha value is -5.17. The van der Waals surface area contributed by atoms with E-state index in [2.05, 4.69) is 20.9 Å². The van der Waals surface area contributed by atoms with Crippen LogP contribution >= 0.6 is 34.7 Å². The molecule has 0 aliphatic rings. The van der Waals surface area contributed by atoms with Crippen LogP contribution in [-0.4, -0.2) is 42.2 Å². The molecule has 1 heterocycles. The number of halogens is 2. The molecule has 0 fully saturated rings. The minimum Gasteiger partial charge on any atom is -0.493 e. The van der Waals surface area contributed by atoms with Crippen molar-refractivity contribution in [2.45, 2.75) is 23.5 Å². The standard InChI is InChI=1S/C37H32ClFN4O5S2/c1-4-33(36(46)43-37-42-30(21-49-37)23-16-17-31(47-2)32(18-23)48-3)50-25-13-8-12-24(19-25)40-35(45)29(20-26-27(38)14-9-15-28(26)39)41-34(44)22-10-6-5-7-11-22/h5-21,33H,4H2,1-3H3,(H,40,45)(H,41,44)(H,42,43,46)/b29-20+. The summed E-state index contributed by atoms with van der Waals surface area (Å²) < 4.78 is 25.4. The summed E-state index contributed by atoms with van der Waals surface area (Å²) in [4.78, 5) is 45.1. The van der Waals surface area contributed by atoms with Crippen LogP contribution < -0.4 is 25.4 Å². The molecule has 50 heavy (non-hydrogen) atoms. The van der Waals surface area contributed by atoms with Crippen molar-refractivity contribution in [3.8, 4) is 22.8 Å².